The number of hydrogen-bond donors (Lipinski definition) is 1. The van der Waals surface area contributed by atoms with Crippen molar-refractivity contribution < 1.29 is 19.1 Å². The number of rotatable bonds is 8. The van der Waals surface area contributed by atoms with Crippen LogP contribution in [-0.2, 0) is 4.79 Å². The van der Waals surface area contributed by atoms with Crippen molar-refractivity contribution in [3.8, 4) is 11.5 Å². The van der Waals surface area contributed by atoms with E-state index >= 15 is 0 Å². The van der Waals surface area contributed by atoms with Gasteiger partial charge in [0.05, 0.1) is 19.4 Å². The summed E-state index contributed by atoms with van der Waals surface area (Å²) in [5, 5.41) is 2.82. The number of benzene rings is 2. The summed E-state index contributed by atoms with van der Waals surface area (Å²) in [5.41, 5.74) is 1.31. The Labute approximate surface area is 141 Å². The normalized spacial score (nSPS) is 10.1. The van der Waals surface area contributed by atoms with Gasteiger partial charge < -0.3 is 14.8 Å². The van der Waals surface area contributed by atoms with Crippen LogP contribution >= 0.6 is 0 Å². The molecule has 1 amide bonds. The maximum Gasteiger partial charge on any atom is 0.224 e. The lowest BCUT2D eigenvalue weighted by Gasteiger charge is -2.10. The fourth-order valence-corrected chi connectivity index (χ4v) is 2.17. The quantitative estimate of drug-likeness (QED) is 0.593. The lowest BCUT2D eigenvalue weighted by atomic mass is 10.1. The number of methoxy groups -OCH3 is 1. The van der Waals surface area contributed by atoms with Crippen LogP contribution in [0.25, 0.3) is 0 Å². The van der Waals surface area contributed by atoms with Gasteiger partial charge in [-0.25, -0.2) is 0 Å². The number of amides is 1. The maximum atomic E-state index is 12.0. The number of ether oxygens (including phenoxy) is 2. The molecule has 0 aromatic heterocycles. The molecule has 0 unspecified atom stereocenters. The van der Waals surface area contributed by atoms with E-state index in [1.54, 1.807) is 43.5 Å². The fraction of sp³-hybridized carbons (Fsp3) is 0.263. The van der Waals surface area contributed by atoms with E-state index in [0.717, 1.165) is 0 Å². The number of anilines is 1. The summed E-state index contributed by atoms with van der Waals surface area (Å²) in [5.74, 6) is 1.25. The third kappa shape index (κ3) is 5.12. The van der Waals surface area contributed by atoms with Gasteiger partial charge in [-0.3, -0.25) is 9.59 Å². The molecule has 0 saturated heterocycles. The minimum Gasteiger partial charge on any atom is -0.495 e. The van der Waals surface area contributed by atoms with Gasteiger partial charge in [-0.2, -0.15) is 0 Å². The molecule has 24 heavy (non-hydrogen) atoms. The van der Waals surface area contributed by atoms with Gasteiger partial charge in [-0.05, 0) is 49.7 Å². The first-order chi connectivity index (χ1) is 11.6. The van der Waals surface area contributed by atoms with Gasteiger partial charge in [0.2, 0.25) is 5.91 Å². The van der Waals surface area contributed by atoms with Gasteiger partial charge in [0.15, 0.2) is 5.78 Å². The fourth-order valence-electron chi connectivity index (χ4n) is 2.17. The zero-order valence-electron chi connectivity index (χ0n) is 13.9. The molecular weight excluding hydrogens is 306 g/mol. The molecule has 2 rings (SSSR count). The van der Waals surface area contributed by atoms with E-state index in [1.807, 2.05) is 12.1 Å². The summed E-state index contributed by atoms with van der Waals surface area (Å²) in [4.78, 5) is 23.1. The van der Waals surface area contributed by atoms with E-state index in [-0.39, 0.29) is 11.7 Å². The van der Waals surface area contributed by atoms with Crippen LogP contribution in [0.15, 0.2) is 48.5 Å². The topological polar surface area (TPSA) is 64.6 Å². The van der Waals surface area contributed by atoms with Crippen molar-refractivity contribution >= 4 is 17.4 Å². The van der Waals surface area contributed by atoms with Crippen LogP contribution in [0.1, 0.15) is 30.1 Å². The summed E-state index contributed by atoms with van der Waals surface area (Å²) >= 11 is 0. The molecule has 0 aliphatic rings. The summed E-state index contributed by atoms with van der Waals surface area (Å²) in [6.45, 7) is 1.95. The van der Waals surface area contributed by atoms with Gasteiger partial charge in [-0.15, -0.1) is 0 Å². The molecule has 2 aromatic carbocycles. The summed E-state index contributed by atoms with van der Waals surface area (Å²) < 4.78 is 10.8. The predicted molar refractivity (Wildman–Crippen MR) is 92.8 cm³/mol. The summed E-state index contributed by atoms with van der Waals surface area (Å²) in [7, 11) is 1.57. The first-order valence-corrected chi connectivity index (χ1v) is 7.77. The monoisotopic (exact) mass is 327 g/mol. The Kier molecular flexibility index (Phi) is 6.37. The Balaban J connectivity index is 1.73. The predicted octanol–water partition coefficient (Wildman–Crippen LogP) is 3.70. The SMILES string of the molecule is COc1ccccc1NC(=O)CCCOc1ccc(C(C)=O)cc1. The Morgan fingerprint density at radius 2 is 1.75 bits per heavy atom. The van der Waals surface area contributed by atoms with Crippen molar-refractivity contribution in [3.05, 3.63) is 54.1 Å². The summed E-state index contributed by atoms with van der Waals surface area (Å²) in [6, 6.07) is 14.2. The Bertz CT molecular complexity index is 695. The van der Waals surface area contributed by atoms with Crippen LogP contribution in [-0.4, -0.2) is 25.4 Å². The molecule has 1 N–H and O–H groups in total. The highest BCUT2D eigenvalue weighted by Crippen LogP contribution is 2.23. The van der Waals surface area contributed by atoms with E-state index in [0.29, 0.717) is 42.2 Å². The minimum absolute atomic E-state index is 0.0227. The van der Waals surface area contributed by atoms with Crippen molar-refractivity contribution in [1.82, 2.24) is 0 Å². The lowest BCUT2D eigenvalue weighted by Crippen LogP contribution is -2.13. The molecule has 126 valence electrons. The molecule has 0 bridgehead atoms. The highest BCUT2D eigenvalue weighted by molar-refractivity contribution is 5.94. The van der Waals surface area contributed by atoms with Crippen molar-refractivity contribution in [1.29, 1.82) is 0 Å². The molecular formula is C19H21NO4. The van der Waals surface area contributed by atoms with Crippen molar-refractivity contribution in [2.45, 2.75) is 19.8 Å². The third-order valence-corrected chi connectivity index (χ3v) is 3.46. The van der Waals surface area contributed by atoms with Gasteiger partial charge in [0, 0.05) is 12.0 Å². The summed E-state index contributed by atoms with van der Waals surface area (Å²) in [6.07, 6.45) is 0.943. The number of carbonyl (C=O) groups is 2. The van der Waals surface area contributed by atoms with Crippen molar-refractivity contribution in [3.63, 3.8) is 0 Å². The lowest BCUT2D eigenvalue weighted by molar-refractivity contribution is -0.116. The molecule has 0 aliphatic carbocycles. The largest absolute Gasteiger partial charge is 0.495 e. The van der Waals surface area contributed by atoms with E-state index in [4.69, 9.17) is 9.47 Å². The second-order valence-corrected chi connectivity index (χ2v) is 5.28. The molecule has 0 spiro atoms. The third-order valence-electron chi connectivity index (χ3n) is 3.46. The molecule has 0 radical (unpaired) electrons. The second-order valence-electron chi connectivity index (χ2n) is 5.28. The van der Waals surface area contributed by atoms with Crippen molar-refractivity contribution in [2.75, 3.05) is 19.0 Å². The number of Topliss-reactive ketones (excluding diaryl/α,β-unsaturated/α-hetero) is 1. The van der Waals surface area contributed by atoms with Crippen LogP contribution < -0.4 is 14.8 Å². The highest BCUT2D eigenvalue weighted by atomic mass is 16.5. The standard InChI is InChI=1S/C19H21NO4/c1-14(21)15-9-11-16(12-10-15)24-13-5-8-19(22)20-17-6-3-4-7-18(17)23-2/h3-4,6-7,9-12H,5,8,13H2,1-2H3,(H,20,22). The Morgan fingerprint density at radius 3 is 2.42 bits per heavy atom. The van der Waals surface area contributed by atoms with Gasteiger partial charge in [-0.1, -0.05) is 12.1 Å². The number of para-hydroxylation sites is 2. The van der Waals surface area contributed by atoms with Crippen LogP contribution in [0.2, 0.25) is 0 Å². The molecule has 2 aromatic rings. The molecule has 0 atom stereocenters. The smallest absolute Gasteiger partial charge is 0.224 e. The zero-order chi connectivity index (χ0) is 17.4. The number of nitrogens with one attached hydrogen (secondary N) is 1. The number of carbonyl (C=O) groups excluding carboxylic acids is 2. The minimum atomic E-state index is -0.0879. The van der Waals surface area contributed by atoms with Crippen LogP contribution in [0.5, 0.6) is 11.5 Å². The molecule has 5 heteroatoms. The van der Waals surface area contributed by atoms with Crippen LogP contribution in [0.3, 0.4) is 0 Å². The van der Waals surface area contributed by atoms with Crippen LogP contribution in [0, 0.1) is 0 Å². The number of hydrogen-bond acceptors (Lipinski definition) is 4. The first-order valence-electron chi connectivity index (χ1n) is 7.77. The van der Waals surface area contributed by atoms with E-state index < -0.39 is 0 Å². The highest BCUT2D eigenvalue weighted by Gasteiger charge is 2.07. The molecule has 0 saturated carbocycles. The average Bonchev–Trinajstić information content (AvgIpc) is 2.59. The molecule has 0 aliphatic heterocycles. The molecule has 0 fully saturated rings. The Morgan fingerprint density at radius 1 is 1.04 bits per heavy atom. The van der Waals surface area contributed by atoms with Gasteiger partial charge in [0.1, 0.15) is 11.5 Å². The zero-order valence-corrected chi connectivity index (χ0v) is 13.9. The average molecular weight is 327 g/mol. The second kappa shape index (κ2) is 8.72. The van der Waals surface area contributed by atoms with Crippen LogP contribution in [0.4, 0.5) is 5.69 Å². The first kappa shape index (κ1) is 17.5. The van der Waals surface area contributed by atoms with Gasteiger partial charge >= 0.3 is 0 Å². The van der Waals surface area contributed by atoms with Gasteiger partial charge in [0.25, 0.3) is 0 Å². The number of ketones is 1. The van der Waals surface area contributed by atoms with E-state index in [2.05, 4.69) is 5.32 Å². The maximum absolute atomic E-state index is 12.0. The molecule has 0 heterocycles. The van der Waals surface area contributed by atoms with E-state index in [9.17, 15) is 9.59 Å². The molecule has 5 nitrogen and oxygen atoms in total. The van der Waals surface area contributed by atoms with E-state index in [1.165, 1.54) is 6.92 Å². The van der Waals surface area contributed by atoms with Crippen molar-refractivity contribution in [2.24, 2.45) is 0 Å². The Hall–Kier alpha value is -2.82.